The lowest BCUT2D eigenvalue weighted by atomic mass is 9.94. The summed E-state index contributed by atoms with van der Waals surface area (Å²) in [5.41, 5.74) is 0.911. The van der Waals surface area contributed by atoms with Crippen LogP contribution < -0.4 is 0 Å². The van der Waals surface area contributed by atoms with Gasteiger partial charge >= 0.3 is 0 Å². The molecule has 0 aromatic heterocycles. The lowest BCUT2D eigenvalue weighted by molar-refractivity contribution is -0.351. The van der Waals surface area contributed by atoms with Crippen molar-refractivity contribution in [2.75, 3.05) is 13.2 Å². The zero-order valence-corrected chi connectivity index (χ0v) is 23.3. The van der Waals surface area contributed by atoms with Gasteiger partial charge in [0.25, 0.3) is 11.8 Å². The Morgan fingerprint density at radius 1 is 0.705 bits per heavy atom. The van der Waals surface area contributed by atoms with E-state index >= 15 is 0 Å². The normalized spacial score (nSPS) is 34.0. The quantitative estimate of drug-likeness (QED) is 0.175. The van der Waals surface area contributed by atoms with E-state index in [0.29, 0.717) is 4.90 Å². The predicted molar refractivity (Wildman–Crippen MR) is 150 cm³/mol. The first-order valence-electron chi connectivity index (χ1n) is 14.2. The van der Waals surface area contributed by atoms with Crippen LogP contribution in [0.1, 0.15) is 26.3 Å². The number of carbonyl (C=O) groups is 2. The Morgan fingerprint density at radius 2 is 1.34 bits per heavy atom. The van der Waals surface area contributed by atoms with E-state index in [9.17, 15) is 40.2 Å². The van der Waals surface area contributed by atoms with Gasteiger partial charge in [0.1, 0.15) is 48.8 Å². The van der Waals surface area contributed by atoms with Crippen LogP contribution in [0.5, 0.6) is 0 Å². The Labute approximate surface area is 251 Å². The lowest BCUT2D eigenvalue weighted by Crippen LogP contribution is -2.68. The highest BCUT2D eigenvalue weighted by atomic mass is 16.7. The standard InChI is InChI=1S/C31H33NO12/c33-12-20-23(35)27(41-14-15-9-10-16-5-1-2-6-17(16)11-15)25(37)31(43-20)44-26-21(13-34)42-30(40)22(24(26)36)32-28(38)18-7-3-4-8-19(18)29(32)39/h1-11,20-27,30-31,33-37,40H,12-14H2/t20-,21-,22-,23-,24-,25-,26-,27+,30-,31+/m1/s1. The highest BCUT2D eigenvalue weighted by Crippen LogP contribution is 2.35. The Kier molecular flexibility index (Phi) is 8.77. The summed E-state index contributed by atoms with van der Waals surface area (Å²) in [5, 5.41) is 66.0. The number of amides is 2. The second-order valence-corrected chi connectivity index (χ2v) is 11.0. The van der Waals surface area contributed by atoms with Gasteiger partial charge in [-0.1, -0.05) is 48.5 Å². The van der Waals surface area contributed by atoms with E-state index in [1.165, 1.54) is 12.1 Å². The number of nitrogens with zero attached hydrogens (tertiary/aromatic N) is 1. The molecule has 234 valence electrons. The maximum Gasteiger partial charge on any atom is 0.262 e. The second kappa shape index (κ2) is 12.6. The van der Waals surface area contributed by atoms with E-state index in [4.69, 9.17) is 18.9 Å². The fraction of sp³-hybridized carbons (Fsp3) is 0.419. The molecule has 0 saturated carbocycles. The largest absolute Gasteiger partial charge is 0.394 e. The number of imide groups is 1. The molecule has 13 heteroatoms. The molecule has 3 aromatic rings. The number of carbonyl (C=O) groups excluding carboxylic acids is 2. The van der Waals surface area contributed by atoms with Crippen molar-refractivity contribution in [2.24, 2.45) is 0 Å². The summed E-state index contributed by atoms with van der Waals surface area (Å²) in [7, 11) is 0. The van der Waals surface area contributed by atoms with Gasteiger partial charge in [0.15, 0.2) is 12.6 Å². The van der Waals surface area contributed by atoms with Crippen LogP contribution in [-0.4, -0.2) is 122 Å². The lowest BCUT2D eigenvalue weighted by Gasteiger charge is -2.48. The smallest absolute Gasteiger partial charge is 0.262 e. The summed E-state index contributed by atoms with van der Waals surface area (Å²) < 4.78 is 22.9. The topological polar surface area (TPSA) is 196 Å². The SMILES string of the molecule is O=C1c2ccccc2C(=O)N1[C@@H]1[C@@H](O)[C@H](O[C@@H]2O[C@H](CO)[C@@H](O)[C@H](OCc3ccc4ccccc4c3)[C@H]2O)[C@@H](CO)O[C@H]1O. The van der Waals surface area contributed by atoms with Crippen molar-refractivity contribution in [1.82, 2.24) is 4.90 Å². The van der Waals surface area contributed by atoms with Crippen molar-refractivity contribution < 1.29 is 59.2 Å². The third kappa shape index (κ3) is 5.41. The van der Waals surface area contributed by atoms with Gasteiger partial charge in [-0.3, -0.25) is 14.5 Å². The molecular weight excluding hydrogens is 578 g/mol. The van der Waals surface area contributed by atoms with Crippen LogP contribution in [0, 0.1) is 0 Å². The maximum absolute atomic E-state index is 13.1. The molecular formula is C31H33NO12. The van der Waals surface area contributed by atoms with Crippen molar-refractivity contribution in [2.45, 2.75) is 68.0 Å². The number of hydrogen-bond donors (Lipinski definition) is 6. The summed E-state index contributed by atoms with van der Waals surface area (Å²) in [4.78, 5) is 26.9. The number of benzene rings is 3. The van der Waals surface area contributed by atoms with Gasteiger partial charge in [-0.2, -0.15) is 0 Å². The van der Waals surface area contributed by atoms with E-state index in [0.717, 1.165) is 16.3 Å². The monoisotopic (exact) mass is 611 g/mol. The van der Waals surface area contributed by atoms with Crippen molar-refractivity contribution in [3.63, 3.8) is 0 Å². The molecule has 44 heavy (non-hydrogen) atoms. The summed E-state index contributed by atoms with van der Waals surface area (Å²) >= 11 is 0. The third-order valence-electron chi connectivity index (χ3n) is 8.33. The molecule has 6 rings (SSSR count). The predicted octanol–water partition coefficient (Wildman–Crippen LogP) is -0.716. The average molecular weight is 612 g/mol. The van der Waals surface area contributed by atoms with Gasteiger partial charge in [-0.05, 0) is 34.5 Å². The molecule has 0 spiro atoms. The minimum Gasteiger partial charge on any atom is -0.394 e. The molecule has 10 atom stereocenters. The minimum absolute atomic E-state index is 0.0169. The Bertz CT molecular complexity index is 1480. The van der Waals surface area contributed by atoms with E-state index in [-0.39, 0.29) is 17.7 Å². The van der Waals surface area contributed by atoms with Crippen molar-refractivity contribution in [3.8, 4) is 0 Å². The van der Waals surface area contributed by atoms with Gasteiger partial charge in [0, 0.05) is 0 Å². The first-order chi connectivity index (χ1) is 21.2. The van der Waals surface area contributed by atoms with E-state index in [2.05, 4.69) is 0 Å². The van der Waals surface area contributed by atoms with Crippen LogP contribution in [0.4, 0.5) is 0 Å². The Balaban J connectivity index is 1.21. The second-order valence-electron chi connectivity index (χ2n) is 11.0. The molecule has 0 unspecified atom stereocenters. The number of fused-ring (bicyclic) bond motifs is 2. The molecule has 0 radical (unpaired) electrons. The molecule has 6 N–H and O–H groups in total. The number of ether oxygens (including phenoxy) is 4. The average Bonchev–Trinajstić information content (AvgIpc) is 3.28. The first kappa shape index (κ1) is 30.7. The molecule has 0 bridgehead atoms. The van der Waals surface area contributed by atoms with E-state index < -0.39 is 86.4 Å². The number of aliphatic hydroxyl groups is 6. The van der Waals surface area contributed by atoms with E-state index in [1.807, 2.05) is 42.5 Å². The van der Waals surface area contributed by atoms with Crippen LogP contribution in [0.25, 0.3) is 10.8 Å². The van der Waals surface area contributed by atoms with Gasteiger partial charge in [0.2, 0.25) is 0 Å². The summed E-state index contributed by atoms with van der Waals surface area (Å²) in [5.74, 6) is -1.53. The summed E-state index contributed by atoms with van der Waals surface area (Å²) in [6.45, 7) is -1.45. The van der Waals surface area contributed by atoms with E-state index in [1.54, 1.807) is 12.1 Å². The molecule has 3 heterocycles. The maximum atomic E-state index is 13.1. The molecule has 3 aromatic carbocycles. The number of hydrogen-bond acceptors (Lipinski definition) is 12. The molecule has 3 aliphatic rings. The van der Waals surface area contributed by atoms with Gasteiger partial charge in [-0.15, -0.1) is 0 Å². The van der Waals surface area contributed by atoms with Gasteiger partial charge in [0.05, 0.1) is 30.9 Å². The van der Waals surface area contributed by atoms with Crippen molar-refractivity contribution >= 4 is 22.6 Å². The molecule has 3 aliphatic heterocycles. The Morgan fingerprint density at radius 3 is 2.00 bits per heavy atom. The van der Waals surface area contributed by atoms with Crippen LogP contribution in [-0.2, 0) is 25.6 Å². The van der Waals surface area contributed by atoms with Crippen LogP contribution >= 0.6 is 0 Å². The number of rotatable bonds is 8. The summed E-state index contributed by atoms with van der Waals surface area (Å²) in [6, 6.07) is 17.7. The molecule has 13 nitrogen and oxygen atoms in total. The zero-order valence-electron chi connectivity index (χ0n) is 23.3. The third-order valence-corrected chi connectivity index (χ3v) is 8.33. The van der Waals surface area contributed by atoms with Gasteiger partial charge < -0.3 is 49.6 Å². The van der Waals surface area contributed by atoms with Crippen molar-refractivity contribution in [3.05, 3.63) is 83.4 Å². The molecule has 2 fully saturated rings. The van der Waals surface area contributed by atoms with Crippen molar-refractivity contribution in [1.29, 1.82) is 0 Å². The van der Waals surface area contributed by atoms with Crippen LogP contribution in [0.2, 0.25) is 0 Å². The molecule has 0 aliphatic carbocycles. The Hall–Kier alpha value is -3.34. The minimum atomic E-state index is -1.88. The fourth-order valence-corrected chi connectivity index (χ4v) is 6.03. The molecule has 2 saturated heterocycles. The highest BCUT2D eigenvalue weighted by molar-refractivity contribution is 6.21. The fourth-order valence-electron chi connectivity index (χ4n) is 6.03. The number of aliphatic hydroxyl groups excluding tert-OH is 6. The highest BCUT2D eigenvalue weighted by Gasteiger charge is 2.55. The summed E-state index contributed by atoms with van der Waals surface area (Å²) in [6.07, 6.45) is -14.0. The first-order valence-corrected chi connectivity index (χ1v) is 14.2. The zero-order chi connectivity index (χ0) is 31.1. The molecule has 2 amide bonds. The van der Waals surface area contributed by atoms with Crippen LogP contribution in [0.15, 0.2) is 66.7 Å². The van der Waals surface area contributed by atoms with Crippen LogP contribution in [0.3, 0.4) is 0 Å². The van der Waals surface area contributed by atoms with Gasteiger partial charge in [-0.25, -0.2) is 0 Å².